The van der Waals surface area contributed by atoms with E-state index in [9.17, 15) is 13.2 Å². The Bertz CT molecular complexity index is 788. The molecule has 110 valence electrons. The van der Waals surface area contributed by atoms with Crippen molar-refractivity contribution in [3.63, 3.8) is 0 Å². The van der Waals surface area contributed by atoms with Crippen molar-refractivity contribution in [2.45, 2.75) is 4.90 Å². The third-order valence-corrected chi connectivity index (χ3v) is 4.30. The number of halogens is 1. The lowest BCUT2D eigenvalue weighted by molar-refractivity contribution is 0.0692. The molecule has 21 heavy (non-hydrogen) atoms. The molecule has 0 aromatic heterocycles. The van der Waals surface area contributed by atoms with Crippen LogP contribution in [0.5, 0.6) is 0 Å². The van der Waals surface area contributed by atoms with Crippen molar-refractivity contribution in [2.75, 3.05) is 10.5 Å². The Morgan fingerprint density at radius 3 is 2.33 bits per heavy atom. The van der Waals surface area contributed by atoms with Gasteiger partial charge in [-0.3, -0.25) is 4.72 Å². The number of carbonyl (C=O) groups is 1. The fourth-order valence-electron chi connectivity index (χ4n) is 1.67. The number of nitrogen functional groups attached to an aromatic ring is 1. The van der Waals surface area contributed by atoms with E-state index < -0.39 is 20.9 Å². The first kappa shape index (κ1) is 15.1. The second-order valence-electron chi connectivity index (χ2n) is 4.17. The number of anilines is 2. The monoisotopic (exact) mass is 326 g/mol. The van der Waals surface area contributed by atoms with Crippen LogP contribution < -0.4 is 10.5 Å². The second kappa shape index (κ2) is 5.63. The lowest BCUT2D eigenvalue weighted by atomic mass is 10.2. The largest absolute Gasteiger partial charge is 0.478 e. The summed E-state index contributed by atoms with van der Waals surface area (Å²) in [6.07, 6.45) is 0. The first-order chi connectivity index (χ1) is 9.79. The predicted octanol–water partition coefficient (Wildman–Crippen LogP) is 2.42. The Hall–Kier alpha value is -2.25. The lowest BCUT2D eigenvalue weighted by Crippen LogP contribution is -2.17. The van der Waals surface area contributed by atoms with Gasteiger partial charge >= 0.3 is 5.97 Å². The van der Waals surface area contributed by atoms with Gasteiger partial charge in [-0.05, 0) is 42.5 Å². The number of aromatic carboxylic acids is 1. The minimum absolute atomic E-state index is 0.150. The number of carboxylic acid groups (broad SMARTS) is 1. The quantitative estimate of drug-likeness (QED) is 0.747. The molecule has 0 aliphatic carbocycles. The molecule has 0 heterocycles. The molecule has 0 saturated heterocycles. The first-order valence-corrected chi connectivity index (χ1v) is 7.57. The van der Waals surface area contributed by atoms with Gasteiger partial charge in [-0.1, -0.05) is 11.6 Å². The number of hydrogen-bond donors (Lipinski definition) is 3. The molecule has 0 fully saturated rings. The van der Waals surface area contributed by atoms with Crippen molar-refractivity contribution in [1.29, 1.82) is 0 Å². The van der Waals surface area contributed by atoms with Crippen molar-refractivity contribution in [2.24, 2.45) is 0 Å². The molecule has 0 saturated carbocycles. The maximum atomic E-state index is 12.3. The summed E-state index contributed by atoms with van der Waals surface area (Å²) in [5.74, 6) is -1.36. The summed E-state index contributed by atoms with van der Waals surface area (Å²) in [4.78, 5) is 10.7. The molecule has 0 amide bonds. The zero-order valence-corrected chi connectivity index (χ0v) is 12.1. The minimum Gasteiger partial charge on any atom is -0.478 e. The summed E-state index contributed by atoms with van der Waals surface area (Å²) in [7, 11) is -4.08. The van der Waals surface area contributed by atoms with Crippen LogP contribution >= 0.6 is 11.6 Å². The van der Waals surface area contributed by atoms with E-state index in [0.717, 1.165) is 12.1 Å². The molecule has 0 aliphatic rings. The summed E-state index contributed by atoms with van der Waals surface area (Å²) in [5.41, 5.74) is 5.59. The summed E-state index contributed by atoms with van der Waals surface area (Å²) >= 11 is 5.72. The number of nitrogens with one attached hydrogen (secondary N) is 1. The van der Waals surface area contributed by atoms with E-state index in [1.165, 1.54) is 30.3 Å². The van der Waals surface area contributed by atoms with Gasteiger partial charge in [0.15, 0.2) is 0 Å². The fourth-order valence-corrected chi connectivity index (χ4v) is 3.08. The third-order valence-electron chi connectivity index (χ3n) is 2.62. The predicted molar refractivity (Wildman–Crippen MR) is 80.1 cm³/mol. The number of hydrogen-bond acceptors (Lipinski definition) is 4. The Balaban J connectivity index is 2.46. The molecule has 0 radical (unpaired) electrons. The highest BCUT2D eigenvalue weighted by Gasteiger charge is 2.22. The van der Waals surface area contributed by atoms with Gasteiger partial charge in [0.2, 0.25) is 0 Å². The van der Waals surface area contributed by atoms with Crippen molar-refractivity contribution in [1.82, 2.24) is 0 Å². The SMILES string of the molecule is Nc1ccc(C(=O)O)c(S(=O)(=O)Nc2ccc(Cl)cc2)c1. The van der Waals surface area contributed by atoms with Crippen LogP contribution in [-0.2, 0) is 10.0 Å². The van der Waals surface area contributed by atoms with E-state index in [1.807, 2.05) is 0 Å². The van der Waals surface area contributed by atoms with Crippen molar-refractivity contribution < 1.29 is 18.3 Å². The van der Waals surface area contributed by atoms with Crippen LogP contribution in [0.1, 0.15) is 10.4 Å². The number of carboxylic acids is 1. The maximum Gasteiger partial charge on any atom is 0.337 e. The average Bonchev–Trinajstić information content (AvgIpc) is 2.41. The molecule has 4 N–H and O–H groups in total. The molecule has 0 unspecified atom stereocenters. The summed E-state index contributed by atoms with van der Waals surface area (Å²) in [6, 6.07) is 9.52. The van der Waals surface area contributed by atoms with E-state index in [1.54, 1.807) is 0 Å². The molecule has 2 rings (SSSR count). The normalized spacial score (nSPS) is 11.1. The highest BCUT2D eigenvalue weighted by atomic mass is 35.5. The van der Waals surface area contributed by atoms with Gasteiger partial charge in [-0.15, -0.1) is 0 Å². The Morgan fingerprint density at radius 1 is 1.14 bits per heavy atom. The molecule has 2 aromatic carbocycles. The summed E-state index contributed by atoms with van der Waals surface area (Å²) in [5, 5.41) is 9.52. The molecular formula is C13H11ClN2O4S. The second-order valence-corrected chi connectivity index (χ2v) is 6.26. The van der Waals surface area contributed by atoms with Crippen LogP contribution in [0, 0.1) is 0 Å². The lowest BCUT2D eigenvalue weighted by Gasteiger charge is -2.11. The Labute approximate surface area is 126 Å². The topological polar surface area (TPSA) is 109 Å². The average molecular weight is 327 g/mol. The number of rotatable bonds is 4. The molecule has 2 aromatic rings. The van der Waals surface area contributed by atoms with Crippen LogP contribution in [0.3, 0.4) is 0 Å². The van der Waals surface area contributed by atoms with E-state index in [0.29, 0.717) is 5.02 Å². The van der Waals surface area contributed by atoms with E-state index in [4.69, 9.17) is 22.4 Å². The smallest absolute Gasteiger partial charge is 0.337 e. The Morgan fingerprint density at radius 2 is 1.76 bits per heavy atom. The van der Waals surface area contributed by atoms with Gasteiger partial charge in [0.25, 0.3) is 10.0 Å². The summed E-state index contributed by atoms with van der Waals surface area (Å²) < 4.78 is 26.9. The van der Waals surface area contributed by atoms with Crippen LogP contribution in [-0.4, -0.2) is 19.5 Å². The van der Waals surface area contributed by atoms with Gasteiger partial charge in [0, 0.05) is 16.4 Å². The van der Waals surface area contributed by atoms with Gasteiger partial charge in [0.05, 0.1) is 5.56 Å². The summed E-state index contributed by atoms with van der Waals surface area (Å²) in [6.45, 7) is 0. The van der Waals surface area contributed by atoms with Gasteiger partial charge < -0.3 is 10.8 Å². The van der Waals surface area contributed by atoms with E-state index in [-0.39, 0.29) is 16.9 Å². The van der Waals surface area contributed by atoms with Crippen molar-refractivity contribution in [3.8, 4) is 0 Å². The van der Waals surface area contributed by atoms with Gasteiger partial charge in [-0.2, -0.15) is 0 Å². The highest BCUT2D eigenvalue weighted by molar-refractivity contribution is 7.92. The van der Waals surface area contributed by atoms with Gasteiger partial charge in [0.1, 0.15) is 4.90 Å². The maximum absolute atomic E-state index is 12.3. The Kier molecular flexibility index (Phi) is 4.06. The van der Waals surface area contributed by atoms with E-state index in [2.05, 4.69) is 4.72 Å². The highest BCUT2D eigenvalue weighted by Crippen LogP contribution is 2.23. The van der Waals surface area contributed by atoms with Crippen LogP contribution in [0.25, 0.3) is 0 Å². The zero-order chi connectivity index (χ0) is 15.6. The molecule has 0 bridgehead atoms. The molecule has 0 aliphatic heterocycles. The molecular weight excluding hydrogens is 316 g/mol. The van der Waals surface area contributed by atoms with Crippen LogP contribution in [0.2, 0.25) is 5.02 Å². The van der Waals surface area contributed by atoms with Crippen LogP contribution in [0.15, 0.2) is 47.4 Å². The zero-order valence-electron chi connectivity index (χ0n) is 10.6. The molecule has 0 atom stereocenters. The van der Waals surface area contributed by atoms with E-state index >= 15 is 0 Å². The van der Waals surface area contributed by atoms with Crippen molar-refractivity contribution in [3.05, 3.63) is 53.1 Å². The molecule has 6 nitrogen and oxygen atoms in total. The first-order valence-electron chi connectivity index (χ1n) is 5.71. The standard InChI is InChI=1S/C13H11ClN2O4S/c14-8-1-4-10(5-2-8)16-21(19,20)12-7-9(15)3-6-11(12)13(17)18/h1-7,16H,15H2,(H,17,18). The van der Waals surface area contributed by atoms with Gasteiger partial charge in [-0.25, -0.2) is 13.2 Å². The number of sulfonamides is 1. The number of benzene rings is 2. The number of nitrogens with two attached hydrogens (primary N) is 1. The molecule has 0 spiro atoms. The van der Waals surface area contributed by atoms with Crippen LogP contribution in [0.4, 0.5) is 11.4 Å². The third kappa shape index (κ3) is 3.45. The minimum atomic E-state index is -4.08. The fraction of sp³-hybridized carbons (Fsp3) is 0. The molecule has 8 heteroatoms. The van der Waals surface area contributed by atoms with Crippen molar-refractivity contribution >= 4 is 39.0 Å².